The van der Waals surface area contributed by atoms with Gasteiger partial charge in [-0.15, -0.1) is 0 Å². The smallest absolute Gasteiger partial charge is 0.238 e. The fourth-order valence-corrected chi connectivity index (χ4v) is 3.70. The molecule has 3 aromatic carbocycles. The summed E-state index contributed by atoms with van der Waals surface area (Å²) in [5.41, 5.74) is 4.67. The average Bonchev–Trinajstić information content (AvgIpc) is 2.73. The highest BCUT2D eigenvalue weighted by atomic mass is 16.5. The molecule has 0 fully saturated rings. The average molecular weight is 352 g/mol. The predicted molar refractivity (Wildman–Crippen MR) is 107 cm³/mol. The normalized spacial score (nSPS) is 12.0. The Balaban J connectivity index is 1.85. The molecule has 0 aliphatic heterocycles. The number of hydrogen-bond donors (Lipinski definition) is 1. The van der Waals surface area contributed by atoms with Gasteiger partial charge >= 0.3 is 0 Å². The first kappa shape index (κ1) is 15.6. The SMILES string of the molecule is COc1nc2c3c(cccc3c1Nc1ccccc1)C(=O)c1ccccc1-2. The van der Waals surface area contributed by atoms with Crippen LogP contribution in [0.25, 0.3) is 22.0 Å². The molecule has 0 saturated heterocycles. The highest BCUT2D eigenvalue weighted by Gasteiger charge is 2.28. The maximum atomic E-state index is 13.0. The molecule has 0 unspecified atom stereocenters. The molecule has 0 saturated carbocycles. The molecule has 5 rings (SSSR count). The van der Waals surface area contributed by atoms with Crippen LogP contribution in [0.5, 0.6) is 5.88 Å². The van der Waals surface area contributed by atoms with Crippen LogP contribution in [0.1, 0.15) is 15.9 Å². The summed E-state index contributed by atoms with van der Waals surface area (Å²) in [6.07, 6.45) is 0. The van der Waals surface area contributed by atoms with Crippen molar-refractivity contribution in [1.29, 1.82) is 0 Å². The van der Waals surface area contributed by atoms with Gasteiger partial charge in [-0.05, 0) is 12.1 Å². The van der Waals surface area contributed by atoms with Crippen molar-refractivity contribution in [3.05, 3.63) is 83.9 Å². The van der Waals surface area contributed by atoms with E-state index in [0.717, 1.165) is 33.4 Å². The van der Waals surface area contributed by atoms with Crippen molar-refractivity contribution in [3.8, 4) is 17.1 Å². The molecule has 130 valence electrons. The van der Waals surface area contributed by atoms with Crippen molar-refractivity contribution >= 4 is 27.9 Å². The molecule has 1 aliphatic rings. The second-order valence-corrected chi connectivity index (χ2v) is 6.44. The molecule has 1 aliphatic carbocycles. The number of rotatable bonds is 3. The molecule has 4 heteroatoms. The number of carbonyl (C=O) groups excluding carboxylic acids is 1. The summed E-state index contributed by atoms with van der Waals surface area (Å²) in [6.45, 7) is 0. The van der Waals surface area contributed by atoms with Gasteiger partial charge in [0.15, 0.2) is 5.78 Å². The van der Waals surface area contributed by atoms with Crippen LogP contribution >= 0.6 is 0 Å². The van der Waals surface area contributed by atoms with E-state index >= 15 is 0 Å². The lowest BCUT2D eigenvalue weighted by atomic mass is 9.85. The Kier molecular flexibility index (Phi) is 3.44. The van der Waals surface area contributed by atoms with Crippen LogP contribution in [0.15, 0.2) is 72.8 Å². The lowest BCUT2D eigenvalue weighted by Gasteiger charge is -2.22. The molecular weight excluding hydrogens is 336 g/mol. The first-order valence-electron chi connectivity index (χ1n) is 8.75. The number of hydrogen-bond acceptors (Lipinski definition) is 4. The number of anilines is 2. The Morgan fingerprint density at radius 2 is 1.52 bits per heavy atom. The highest BCUT2D eigenvalue weighted by molar-refractivity contribution is 6.26. The Bertz CT molecular complexity index is 1200. The van der Waals surface area contributed by atoms with Crippen molar-refractivity contribution in [2.45, 2.75) is 0 Å². The van der Waals surface area contributed by atoms with Gasteiger partial charge in [0.25, 0.3) is 0 Å². The summed E-state index contributed by atoms with van der Waals surface area (Å²) < 4.78 is 5.62. The van der Waals surface area contributed by atoms with Gasteiger partial charge in [0.2, 0.25) is 5.88 Å². The second kappa shape index (κ2) is 5.95. The maximum Gasteiger partial charge on any atom is 0.238 e. The number of methoxy groups -OCH3 is 1. The molecule has 0 amide bonds. The van der Waals surface area contributed by atoms with E-state index in [1.165, 1.54) is 0 Å². The molecule has 4 nitrogen and oxygen atoms in total. The van der Waals surface area contributed by atoms with Gasteiger partial charge in [0, 0.05) is 33.2 Å². The number of carbonyl (C=O) groups is 1. The number of benzene rings is 3. The van der Waals surface area contributed by atoms with Gasteiger partial charge < -0.3 is 10.1 Å². The zero-order valence-corrected chi connectivity index (χ0v) is 14.7. The van der Waals surface area contributed by atoms with Crippen LogP contribution in [0, 0.1) is 0 Å². The van der Waals surface area contributed by atoms with Crippen molar-refractivity contribution in [1.82, 2.24) is 4.98 Å². The first-order valence-corrected chi connectivity index (χ1v) is 8.75. The van der Waals surface area contributed by atoms with Crippen LogP contribution in [0.2, 0.25) is 0 Å². The molecule has 0 spiro atoms. The van der Waals surface area contributed by atoms with Gasteiger partial charge in [-0.2, -0.15) is 0 Å². The van der Waals surface area contributed by atoms with E-state index in [4.69, 9.17) is 9.72 Å². The lowest BCUT2D eigenvalue weighted by Crippen LogP contribution is -2.12. The molecule has 0 bridgehead atoms. The Morgan fingerprint density at radius 1 is 0.815 bits per heavy atom. The largest absolute Gasteiger partial charge is 0.479 e. The summed E-state index contributed by atoms with van der Waals surface area (Å²) in [6, 6.07) is 23.2. The Hall–Kier alpha value is -3.66. The minimum Gasteiger partial charge on any atom is -0.479 e. The lowest BCUT2D eigenvalue weighted by molar-refractivity contribution is 0.104. The Morgan fingerprint density at radius 3 is 2.30 bits per heavy atom. The van der Waals surface area contributed by atoms with E-state index in [9.17, 15) is 4.79 Å². The minimum atomic E-state index is 0.0290. The highest BCUT2D eigenvalue weighted by Crippen LogP contribution is 2.44. The molecule has 4 aromatic rings. The van der Waals surface area contributed by atoms with Crippen LogP contribution < -0.4 is 10.1 Å². The minimum absolute atomic E-state index is 0.0290. The third-order valence-electron chi connectivity index (χ3n) is 4.91. The molecule has 0 radical (unpaired) electrons. The topological polar surface area (TPSA) is 51.2 Å². The van der Waals surface area contributed by atoms with Gasteiger partial charge in [0.1, 0.15) is 5.69 Å². The van der Waals surface area contributed by atoms with Crippen LogP contribution in [-0.4, -0.2) is 17.9 Å². The summed E-state index contributed by atoms with van der Waals surface area (Å²) in [5.74, 6) is 0.531. The van der Waals surface area contributed by atoms with Crippen molar-refractivity contribution in [2.24, 2.45) is 0 Å². The van der Waals surface area contributed by atoms with E-state index < -0.39 is 0 Å². The molecular formula is C23H16N2O2. The quantitative estimate of drug-likeness (QED) is 0.485. The number of fused-ring (bicyclic) bond motifs is 2. The molecule has 1 heterocycles. The van der Waals surface area contributed by atoms with Gasteiger partial charge in [-0.25, -0.2) is 4.98 Å². The third-order valence-corrected chi connectivity index (χ3v) is 4.91. The molecule has 27 heavy (non-hydrogen) atoms. The Labute approximate surface area is 156 Å². The fourth-order valence-electron chi connectivity index (χ4n) is 3.70. The van der Waals surface area contributed by atoms with E-state index in [-0.39, 0.29) is 5.78 Å². The van der Waals surface area contributed by atoms with E-state index in [1.54, 1.807) is 7.11 Å². The van der Waals surface area contributed by atoms with Crippen molar-refractivity contribution in [2.75, 3.05) is 12.4 Å². The first-order chi connectivity index (χ1) is 13.3. The number of pyridine rings is 1. The van der Waals surface area contributed by atoms with Gasteiger partial charge in [-0.1, -0.05) is 60.7 Å². The third kappa shape index (κ3) is 2.30. The summed E-state index contributed by atoms with van der Waals surface area (Å²) in [4.78, 5) is 17.8. The summed E-state index contributed by atoms with van der Waals surface area (Å²) >= 11 is 0. The monoisotopic (exact) mass is 352 g/mol. The summed E-state index contributed by atoms with van der Waals surface area (Å²) in [5, 5.41) is 5.19. The van der Waals surface area contributed by atoms with Crippen LogP contribution in [-0.2, 0) is 0 Å². The van der Waals surface area contributed by atoms with Crippen LogP contribution in [0.4, 0.5) is 11.4 Å². The number of ketones is 1. The standard InChI is InChI=1S/C23H16N2O2/c1-27-23-21(24-14-8-3-2-4-9-14)17-12-7-13-18-19(17)20(25-23)15-10-5-6-11-16(15)22(18)26/h2-13,24H,1H3. The number of nitrogens with one attached hydrogen (secondary N) is 1. The number of ether oxygens (including phenoxy) is 1. The maximum absolute atomic E-state index is 13.0. The zero-order valence-electron chi connectivity index (χ0n) is 14.7. The van der Waals surface area contributed by atoms with Gasteiger partial charge in [0.05, 0.1) is 12.8 Å². The second-order valence-electron chi connectivity index (χ2n) is 6.44. The zero-order chi connectivity index (χ0) is 18.4. The summed E-state index contributed by atoms with van der Waals surface area (Å²) in [7, 11) is 1.61. The molecule has 0 atom stereocenters. The number of para-hydroxylation sites is 1. The van der Waals surface area contributed by atoms with Crippen molar-refractivity contribution in [3.63, 3.8) is 0 Å². The van der Waals surface area contributed by atoms with Crippen LogP contribution in [0.3, 0.4) is 0 Å². The van der Waals surface area contributed by atoms with E-state index in [2.05, 4.69) is 5.32 Å². The number of nitrogens with zero attached hydrogens (tertiary/aromatic N) is 1. The van der Waals surface area contributed by atoms with E-state index in [1.807, 2.05) is 72.8 Å². The fraction of sp³-hybridized carbons (Fsp3) is 0.0435. The van der Waals surface area contributed by atoms with Crippen molar-refractivity contribution < 1.29 is 9.53 Å². The number of aromatic nitrogens is 1. The van der Waals surface area contributed by atoms with Gasteiger partial charge in [-0.3, -0.25) is 4.79 Å². The van der Waals surface area contributed by atoms with E-state index in [0.29, 0.717) is 17.0 Å². The molecule has 1 N–H and O–H groups in total. The molecule has 1 aromatic heterocycles. The predicted octanol–water partition coefficient (Wildman–Crippen LogP) is 5.20.